The maximum Gasteiger partial charge on any atom is 0.232 e. The Morgan fingerprint density at radius 3 is 2.88 bits per heavy atom. The predicted molar refractivity (Wildman–Crippen MR) is 100 cm³/mol. The zero-order valence-electron chi connectivity index (χ0n) is 14.2. The van der Waals surface area contributed by atoms with Gasteiger partial charge in [-0.05, 0) is 49.7 Å². The molecule has 136 valence electrons. The van der Waals surface area contributed by atoms with Gasteiger partial charge in [-0.1, -0.05) is 11.6 Å². The summed E-state index contributed by atoms with van der Waals surface area (Å²) in [4.78, 5) is 16.6. The molecule has 0 saturated heterocycles. The largest absolute Gasteiger partial charge is 0.404 e. The first-order valence-corrected chi connectivity index (χ1v) is 8.62. The molecular weight excluding hydrogens is 357 g/mol. The lowest BCUT2D eigenvalue weighted by Gasteiger charge is -2.11. The number of anilines is 1. The molecule has 3 rings (SSSR count). The van der Waals surface area contributed by atoms with E-state index in [0.717, 1.165) is 18.5 Å². The van der Waals surface area contributed by atoms with E-state index in [9.17, 15) is 9.18 Å². The van der Waals surface area contributed by atoms with Gasteiger partial charge in [0.05, 0.1) is 11.6 Å². The first-order chi connectivity index (χ1) is 12.5. The van der Waals surface area contributed by atoms with Crippen molar-refractivity contribution in [3.05, 3.63) is 52.6 Å². The van der Waals surface area contributed by atoms with Crippen LogP contribution in [0.1, 0.15) is 31.4 Å². The molecule has 0 bridgehead atoms. The van der Waals surface area contributed by atoms with E-state index >= 15 is 0 Å². The second-order valence-electron chi connectivity index (χ2n) is 6.25. The summed E-state index contributed by atoms with van der Waals surface area (Å²) < 4.78 is 13.4. The summed E-state index contributed by atoms with van der Waals surface area (Å²) in [6, 6.07) is 5.79. The highest BCUT2D eigenvalue weighted by Gasteiger charge is 2.26. The number of benzene rings is 1. The van der Waals surface area contributed by atoms with Crippen LogP contribution in [0.4, 0.5) is 15.9 Å². The van der Waals surface area contributed by atoms with Gasteiger partial charge in [0.1, 0.15) is 5.82 Å². The lowest BCUT2D eigenvalue weighted by Crippen LogP contribution is -2.23. The number of aliphatic imine (C=N–C) groups is 1. The maximum atomic E-state index is 13.4. The van der Waals surface area contributed by atoms with Crippen LogP contribution in [0.25, 0.3) is 0 Å². The molecule has 1 saturated carbocycles. The second-order valence-corrected chi connectivity index (χ2v) is 6.68. The molecule has 1 aromatic carbocycles. The molecule has 1 aliphatic carbocycles. The van der Waals surface area contributed by atoms with Gasteiger partial charge in [-0.3, -0.25) is 14.9 Å². The van der Waals surface area contributed by atoms with Gasteiger partial charge in [0.25, 0.3) is 0 Å². The molecule has 26 heavy (non-hydrogen) atoms. The number of carbonyl (C=O) groups excluding carboxylic acids is 1. The molecule has 1 aliphatic rings. The van der Waals surface area contributed by atoms with Crippen LogP contribution in [0.3, 0.4) is 0 Å². The van der Waals surface area contributed by atoms with Crippen molar-refractivity contribution in [1.29, 1.82) is 0 Å². The Kier molecular flexibility index (Phi) is 5.37. The van der Waals surface area contributed by atoms with Crippen LogP contribution in [0.2, 0.25) is 5.02 Å². The molecule has 2 aromatic rings. The van der Waals surface area contributed by atoms with Crippen molar-refractivity contribution >= 4 is 35.2 Å². The minimum atomic E-state index is -0.561. The van der Waals surface area contributed by atoms with E-state index in [1.807, 2.05) is 6.07 Å². The van der Waals surface area contributed by atoms with E-state index in [-0.39, 0.29) is 10.9 Å². The van der Waals surface area contributed by atoms with Gasteiger partial charge in [-0.15, -0.1) is 0 Å². The molecule has 6 nitrogen and oxygen atoms in total. The first kappa shape index (κ1) is 18.1. The van der Waals surface area contributed by atoms with Gasteiger partial charge in [0.15, 0.2) is 5.82 Å². The first-order valence-electron chi connectivity index (χ1n) is 8.24. The summed E-state index contributed by atoms with van der Waals surface area (Å²) in [5, 5.41) is 10.0. The summed E-state index contributed by atoms with van der Waals surface area (Å²) in [5.41, 5.74) is 7.48. The van der Waals surface area contributed by atoms with Gasteiger partial charge in [0, 0.05) is 28.9 Å². The third kappa shape index (κ3) is 4.49. The summed E-state index contributed by atoms with van der Waals surface area (Å²) in [7, 11) is 0. The minimum absolute atomic E-state index is 0.242. The van der Waals surface area contributed by atoms with Crippen molar-refractivity contribution in [3.63, 3.8) is 0 Å². The van der Waals surface area contributed by atoms with E-state index in [4.69, 9.17) is 17.3 Å². The second kappa shape index (κ2) is 7.70. The maximum absolute atomic E-state index is 13.4. The lowest BCUT2D eigenvalue weighted by molar-refractivity contribution is -0.118. The molecule has 1 heterocycles. The van der Waals surface area contributed by atoms with Crippen molar-refractivity contribution in [3.8, 4) is 0 Å². The fraction of sp³-hybridized carbons (Fsp3) is 0.278. The normalized spacial score (nSPS) is 16.0. The molecule has 0 radical (unpaired) electrons. The van der Waals surface area contributed by atoms with Gasteiger partial charge in [-0.25, -0.2) is 4.39 Å². The Bertz CT molecular complexity index is 852. The van der Waals surface area contributed by atoms with E-state index in [2.05, 4.69) is 20.5 Å². The molecule has 1 amide bonds. The number of aromatic nitrogens is 2. The zero-order chi connectivity index (χ0) is 18.7. The Balaban J connectivity index is 1.66. The van der Waals surface area contributed by atoms with Crippen molar-refractivity contribution in [1.82, 2.24) is 10.2 Å². The zero-order valence-corrected chi connectivity index (χ0v) is 14.9. The van der Waals surface area contributed by atoms with Crippen LogP contribution in [0.15, 0.2) is 41.0 Å². The number of aromatic amines is 1. The molecule has 1 fully saturated rings. The number of amides is 1. The van der Waals surface area contributed by atoms with Crippen LogP contribution >= 0.6 is 11.6 Å². The average Bonchev–Trinajstić information content (AvgIpc) is 3.34. The Morgan fingerprint density at radius 1 is 1.46 bits per heavy atom. The molecule has 0 aliphatic heterocycles. The number of rotatable bonds is 6. The van der Waals surface area contributed by atoms with E-state index in [1.165, 1.54) is 30.6 Å². The lowest BCUT2D eigenvalue weighted by atomic mass is 10.0. The summed E-state index contributed by atoms with van der Waals surface area (Å²) in [6.45, 7) is 1.70. The third-order valence-electron chi connectivity index (χ3n) is 4.16. The number of carbonyl (C=O) groups is 1. The number of halogens is 2. The monoisotopic (exact) mass is 375 g/mol. The average molecular weight is 376 g/mol. The number of nitrogens with two attached hydrogens (primary N) is 1. The fourth-order valence-corrected chi connectivity index (χ4v) is 2.67. The van der Waals surface area contributed by atoms with Crippen molar-refractivity contribution in [2.75, 3.05) is 5.32 Å². The summed E-state index contributed by atoms with van der Waals surface area (Å²) in [6.07, 6.45) is 5.02. The molecule has 1 aromatic heterocycles. The summed E-state index contributed by atoms with van der Waals surface area (Å²) in [5.74, 6) is -0.309. The molecule has 0 spiro atoms. The van der Waals surface area contributed by atoms with Gasteiger partial charge in [-0.2, -0.15) is 5.10 Å². The van der Waals surface area contributed by atoms with Gasteiger partial charge < -0.3 is 11.1 Å². The number of nitrogens with zero attached hydrogens (tertiary/aromatic N) is 2. The van der Waals surface area contributed by atoms with Gasteiger partial charge >= 0.3 is 0 Å². The van der Waals surface area contributed by atoms with E-state index < -0.39 is 11.7 Å². The SMILES string of the molecule is CC(C(=O)Nc1cc(C2CC2)[nH]n1)/C(C=Nc1cc(F)cc(Cl)c1)=C/N. The Morgan fingerprint density at radius 2 is 2.23 bits per heavy atom. The molecular formula is C18H19ClFN5O. The molecule has 4 N–H and O–H groups in total. The molecule has 8 heteroatoms. The number of H-pyrrole nitrogens is 1. The number of hydrogen-bond donors (Lipinski definition) is 3. The number of hydrogen-bond acceptors (Lipinski definition) is 4. The fourth-order valence-electron chi connectivity index (χ4n) is 2.45. The molecule has 1 unspecified atom stereocenters. The standard InChI is InChI=1S/C18H19ClFN5O/c1-10(18(26)23-17-7-16(24-25-17)11-2-3-11)12(8-21)9-22-15-5-13(19)4-14(20)6-15/h4-11H,2-3,21H2,1H3,(H2,23,24,25,26)/b12-8+,22-9?. The highest BCUT2D eigenvalue weighted by Crippen LogP contribution is 2.39. The van der Waals surface area contributed by atoms with Gasteiger partial charge in [0.2, 0.25) is 5.91 Å². The smallest absolute Gasteiger partial charge is 0.232 e. The van der Waals surface area contributed by atoms with Crippen LogP contribution in [-0.2, 0) is 4.79 Å². The van der Waals surface area contributed by atoms with E-state index in [0.29, 0.717) is 23.0 Å². The van der Waals surface area contributed by atoms with Crippen LogP contribution in [-0.4, -0.2) is 22.3 Å². The quantitative estimate of drug-likeness (QED) is 0.668. The highest BCUT2D eigenvalue weighted by atomic mass is 35.5. The number of nitrogens with one attached hydrogen (secondary N) is 2. The highest BCUT2D eigenvalue weighted by molar-refractivity contribution is 6.30. The third-order valence-corrected chi connectivity index (χ3v) is 4.38. The predicted octanol–water partition coefficient (Wildman–Crippen LogP) is 3.90. The van der Waals surface area contributed by atoms with Crippen molar-refractivity contribution in [2.24, 2.45) is 16.6 Å². The summed E-state index contributed by atoms with van der Waals surface area (Å²) >= 11 is 5.80. The minimum Gasteiger partial charge on any atom is -0.404 e. The van der Waals surface area contributed by atoms with Crippen molar-refractivity contribution in [2.45, 2.75) is 25.7 Å². The Hall–Kier alpha value is -2.67. The van der Waals surface area contributed by atoms with Crippen molar-refractivity contribution < 1.29 is 9.18 Å². The van der Waals surface area contributed by atoms with Crippen LogP contribution in [0, 0.1) is 11.7 Å². The molecule has 1 atom stereocenters. The topological polar surface area (TPSA) is 96.2 Å². The Labute approximate surface area is 155 Å². The van der Waals surface area contributed by atoms with Crippen LogP contribution in [0.5, 0.6) is 0 Å². The van der Waals surface area contributed by atoms with E-state index in [1.54, 1.807) is 6.92 Å². The van der Waals surface area contributed by atoms with Crippen LogP contribution < -0.4 is 11.1 Å².